The average Bonchev–Trinajstić information content (AvgIpc) is 2.69. The summed E-state index contributed by atoms with van der Waals surface area (Å²) in [5, 5.41) is 4.02. The zero-order valence-corrected chi connectivity index (χ0v) is 10.9. The molecule has 1 saturated heterocycles. The van der Waals surface area contributed by atoms with Crippen molar-refractivity contribution in [1.29, 1.82) is 0 Å². The Balaban J connectivity index is 2.24. The average molecular weight is 269 g/mol. The first-order valence-electron chi connectivity index (χ1n) is 6.23. The van der Waals surface area contributed by atoms with Crippen molar-refractivity contribution in [2.24, 2.45) is 7.05 Å². The van der Waals surface area contributed by atoms with E-state index in [1.54, 1.807) is 19.3 Å². The molecule has 19 heavy (non-hydrogen) atoms. The first-order valence-corrected chi connectivity index (χ1v) is 6.23. The van der Waals surface area contributed by atoms with E-state index in [-0.39, 0.29) is 12.3 Å². The number of aryl methyl sites for hydroxylation is 1. The Hall–Kier alpha value is -1.72. The Morgan fingerprint density at radius 2 is 2.37 bits per heavy atom. The maximum atomic E-state index is 13.4. The van der Waals surface area contributed by atoms with Crippen LogP contribution in [-0.2, 0) is 13.5 Å². The molecule has 1 fully saturated rings. The van der Waals surface area contributed by atoms with Gasteiger partial charge in [0.2, 0.25) is 0 Å². The first-order chi connectivity index (χ1) is 8.94. The Morgan fingerprint density at radius 1 is 1.63 bits per heavy atom. The Morgan fingerprint density at radius 3 is 3.00 bits per heavy atom. The molecule has 1 aliphatic heterocycles. The zero-order chi connectivity index (χ0) is 14.0. The number of allylic oxidation sites excluding steroid dienone is 1. The van der Waals surface area contributed by atoms with Crippen LogP contribution in [-0.4, -0.2) is 39.6 Å². The second kappa shape index (κ2) is 5.11. The highest BCUT2D eigenvalue weighted by Crippen LogP contribution is 2.27. The van der Waals surface area contributed by atoms with Crippen molar-refractivity contribution in [3.8, 4) is 0 Å². The summed E-state index contributed by atoms with van der Waals surface area (Å²) in [4.78, 5) is 13.6. The molecule has 0 bridgehead atoms. The molecule has 2 heterocycles. The molecule has 0 atom stereocenters. The number of hydrogen-bond donors (Lipinski definition) is 0. The summed E-state index contributed by atoms with van der Waals surface area (Å²) >= 11 is 0. The van der Waals surface area contributed by atoms with Gasteiger partial charge in [-0.3, -0.25) is 9.48 Å². The number of carbonyl (C=O) groups excluding carboxylic acids is 1. The quantitative estimate of drug-likeness (QED) is 0.787. The summed E-state index contributed by atoms with van der Waals surface area (Å²) in [7, 11) is 1.64. The summed E-state index contributed by atoms with van der Waals surface area (Å²) in [5.41, 5.74) is 1.09. The summed E-state index contributed by atoms with van der Waals surface area (Å²) in [6.45, 7) is 3.48. The fourth-order valence-corrected chi connectivity index (χ4v) is 2.35. The second-order valence-electron chi connectivity index (χ2n) is 4.82. The van der Waals surface area contributed by atoms with E-state index in [4.69, 9.17) is 0 Å². The van der Waals surface area contributed by atoms with Gasteiger partial charge < -0.3 is 4.90 Å². The van der Waals surface area contributed by atoms with Gasteiger partial charge >= 0.3 is 0 Å². The molecule has 0 aliphatic carbocycles. The van der Waals surface area contributed by atoms with Crippen LogP contribution in [0.3, 0.4) is 0 Å². The molecule has 0 unspecified atom stereocenters. The van der Waals surface area contributed by atoms with Crippen LogP contribution in [0.15, 0.2) is 18.9 Å². The molecule has 0 radical (unpaired) electrons. The van der Waals surface area contributed by atoms with Gasteiger partial charge in [-0.25, -0.2) is 8.78 Å². The summed E-state index contributed by atoms with van der Waals surface area (Å²) in [6.07, 6.45) is 3.92. The predicted octanol–water partition coefficient (Wildman–Crippen LogP) is 2.02. The Labute approximate surface area is 110 Å². The van der Waals surface area contributed by atoms with Crippen molar-refractivity contribution in [2.75, 3.05) is 13.1 Å². The third kappa shape index (κ3) is 2.83. The van der Waals surface area contributed by atoms with Crippen LogP contribution >= 0.6 is 0 Å². The predicted molar refractivity (Wildman–Crippen MR) is 67.2 cm³/mol. The highest BCUT2D eigenvalue weighted by molar-refractivity contribution is 5.94. The number of piperidine rings is 1. The van der Waals surface area contributed by atoms with Crippen molar-refractivity contribution < 1.29 is 13.6 Å². The van der Waals surface area contributed by atoms with E-state index in [1.165, 1.54) is 9.58 Å². The molecule has 104 valence electrons. The lowest BCUT2D eigenvalue weighted by atomic mass is 10.1. The minimum absolute atomic E-state index is 0.151. The highest BCUT2D eigenvalue weighted by Gasteiger charge is 2.38. The number of likely N-dealkylation sites (tertiary alicyclic amines) is 1. The molecule has 1 aromatic heterocycles. The van der Waals surface area contributed by atoms with Crippen LogP contribution in [0.25, 0.3) is 0 Å². The lowest BCUT2D eigenvalue weighted by Gasteiger charge is -2.32. The molecule has 2 rings (SSSR count). The third-order valence-corrected chi connectivity index (χ3v) is 3.26. The molecule has 1 amide bonds. The van der Waals surface area contributed by atoms with Crippen LogP contribution in [0.5, 0.6) is 0 Å². The van der Waals surface area contributed by atoms with E-state index in [0.717, 1.165) is 5.56 Å². The van der Waals surface area contributed by atoms with Gasteiger partial charge in [0.25, 0.3) is 11.8 Å². The number of nitrogens with zero attached hydrogens (tertiary/aromatic N) is 3. The number of aromatic nitrogens is 2. The van der Waals surface area contributed by atoms with Crippen LogP contribution < -0.4 is 0 Å². The van der Waals surface area contributed by atoms with Gasteiger partial charge in [0, 0.05) is 25.6 Å². The van der Waals surface area contributed by atoms with E-state index in [2.05, 4.69) is 11.7 Å². The molecule has 0 N–H and O–H groups in total. The van der Waals surface area contributed by atoms with Crippen LogP contribution in [0.4, 0.5) is 8.78 Å². The number of alkyl halides is 2. The van der Waals surface area contributed by atoms with Gasteiger partial charge in [-0.05, 0) is 12.8 Å². The van der Waals surface area contributed by atoms with E-state index < -0.39 is 12.5 Å². The van der Waals surface area contributed by atoms with Gasteiger partial charge in [-0.2, -0.15) is 5.10 Å². The van der Waals surface area contributed by atoms with Crippen LogP contribution in [0.1, 0.15) is 28.9 Å². The van der Waals surface area contributed by atoms with Crippen molar-refractivity contribution in [1.82, 2.24) is 14.7 Å². The lowest BCUT2D eigenvalue weighted by Crippen LogP contribution is -2.46. The maximum Gasteiger partial charge on any atom is 0.272 e. The standard InChI is InChI=1S/C13H17F2N3O/c1-3-5-10-8-16-17(2)11(10)12(19)18-7-4-6-13(14,15)9-18/h3,8H,1,4-7,9H2,2H3. The number of halogens is 2. The monoisotopic (exact) mass is 269 g/mol. The highest BCUT2D eigenvalue weighted by atomic mass is 19.3. The molecular weight excluding hydrogens is 252 g/mol. The molecule has 1 aromatic rings. The Bertz CT molecular complexity index is 496. The molecule has 0 aromatic carbocycles. The van der Waals surface area contributed by atoms with Crippen molar-refractivity contribution in [3.63, 3.8) is 0 Å². The minimum Gasteiger partial charge on any atom is -0.331 e. The second-order valence-corrected chi connectivity index (χ2v) is 4.82. The number of amides is 1. The number of rotatable bonds is 3. The first kappa shape index (κ1) is 13.7. The molecule has 1 aliphatic rings. The maximum absolute atomic E-state index is 13.4. The van der Waals surface area contributed by atoms with Crippen molar-refractivity contribution >= 4 is 5.91 Å². The zero-order valence-electron chi connectivity index (χ0n) is 10.9. The topological polar surface area (TPSA) is 38.1 Å². The van der Waals surface area contributed by atoms with E-state index in [1.807, 2.05) is 0 Å². The minimum atomic E-state index is -2.79. The molecule has 6 heteroatoms. The Kier molecular flexibility index (Phi) is 3.68. The van der Waals surface area contributed by atoms with Gasteiger partial charge in [-0.15, -0.1) is 6.58 Å². The van der Waals surface area contributed by atoms with E-state index >= 15 is 0 Å². The normalized spacial score (nSPS) is 18.4. The molecule has 0 spiro atoms. The fourth-order valence-electron chi connectivity index (χ4n) is 2.35. The van der Waals surface area contributed by atoms with Gasteiger partial charge in [-0.1, -0.05) is 6.08 Å². The van der Waals surface area contributed by atoms with Crippen molar-refractivity contribution in [2.45, 2.75) is 25.2 Å². The van der Waals surface area contributed by atoms with Gasteiger partial charge in [0.05, 0.1) is 12.7 Å². The third-order valence-electron chi connectivity index (χ3n) is 3.26. The number of hydrogen-bond acceptors (Lipinski definition) is 2. The fraction of sp³-hybridized carbons (Fsp3) is 0.538. The SMILES string of the molecule is C=CCc1cnn(C)c1C(=O)N1CCCC(F)(F)C1. The van der Waals surface area contributed by atoms with Crippen molar-refractivity contribution in [3.05, 3.63) is 30.1 Å². The van der Waals surface area contributed by atoms with E-state index in [0.29, 0.717) is 25.1 Å². The summed E-state index contributed by atoms with van der Waals surface area (Å²) < 4.78 is 28.2. The van der Waals surface area contributed by atoms with E-state index in [9.17, 15) is 13.6 Å². The lowest BCUT2D eigenvalue weighted by molar-refractivity contribution is -0.0562. The van der Waals surface area contributed by atoms with Crippen LogP contribution in [0.2, 0.25) is 0 Å². The molecule has 0 saturated carbocycles. The summed E-state index contributed by atoms with van der Waals surface area (Å²) in [6, 6.07) is 0. The largest absolute Gasteiger partial charge is 0.331 e. The van der Waals surface area contributed by atoms with Gasteiger partial charge in [0.1, 0.15) is 5.69 Å². The molecule has 4 nitrogen and oxygen atoms in total. The molecular formula is C13H17F2N3O. The smallest absolute Gasteiger partial charge is 0.272 e. The van der Waals surface area contributed by atoms with Gasteiger partial charge in [0.15, 0.2) is 0 Å². The van der Waals surface area contributed by atoms with Crippen LogP contribution in [0, 0.1) is 0 Å². The summed E-state index contributed by atoms with van der Waals surface area (Å²) in [5.74, 6) is -3.17. The number of carbonyl (C=O) groups is 1.